The first-order valence-electron chi connectivity index (χ1n) is 11.0. The predicted molar refractivity (Wildman–Crippen MR) is 119 cm³/mol. The molecule has 0 saturated carbocycles. The molecule has 1 unspecified atom stereocenters. The topological polar surface area (TPSA) is 91.6 Å². The maximum Gasteiger partial charge on any atom is 0.337 e. The Morgan fingerprint density at radius 2 is 1.91 bits per heavy atom. The van der Waals surface area contributed by atoms with Crippen molar-refractivity contribution >= 4 is 11.9 Å². The molecule has 9 heteroatoms. The normalized spacial score (nSPS) is 16.1. The largest absolute Gasteiger partial charge is 0.478 e. The summed E-state index contributed by atoms with van der Waals surface area (Å²) < 4.78 is 14.8. The van der Waals surface area contributed by atoms with Crippen molar-refractivity contribution < 1.29 is 19.1 Å². The van der Waals surface area contributed by atoms with Gasteiger partial charge in [0, 0.05) is 6.54 Å². The summed E-state index contributed by atoms with van der Waals surface area (Å²) in [5, 5.41) is 17.7. The highest BCUT2D eigenvalue weighted by Gasteiger charge is 2.33. The SMILES string of the molecule is CCN1CCCC1C(=O)N(Cc1ccc(F)cc1)Cc1cn(-c2ccccc2C(=O)O)nn1. The molecule has 33 heavy (non-hydrogen) atoms. The molecule has 1 aliphatic rings. The van der Waals surface area contributed by atoms with Crippen LogP contribution in [0.5, 0.6) is 0 Å². The Bertz CT molecular complexity index is 1130. The van der Waals surface area contributed by atoms with Gasteiger partial charge in [0.2, 0.25) is 5.91 Å². The summed E-state index contributed by atoms with van der Waals surface area (Å²) in [4.78, 5) is 28.9. The molecule has 0 radical (unpaired) electrons. The molecule has 3 aromatic rings. The van der Waals surface area contributed by atoms with Crippen molar-refractivity contribution in [3.63, 3.8) is 0 Å². The van der Waals surface area contributed by atoms with E-state index in [4.69, 9.17) is 0 Å². The van der Waals surface area contributed by atoms with Crippen molar-refractivity contribution in [1.82, 2.24) is 24.8 Å². The molecule has 2 heterocycles. The zero-order valence-corrected chi connectivity index (χ0v) is 18.4. The van der Waals surface area contributed by atoms with Gasteiger partial charge in [-0.1, -0.05) is 36.4 Å². The monoisotopic (exact) mass is 451 g/mol. The smallest absolute Gasteiger partial charge is 0.337 e. The van der Waals surface area contributed by atoms with Crippen molar-refractivity contribution in [2.45, 2.75) is 38.9 Å². The van der Waals surface area contributed by atoms with Crippen molar-refractivity contribution in [3.8, 4) is 5.69 Å². The van der Waals surface area contributed by atoms with Crippen LogP contribution in [0.4, 0.5) is 4.39 Å². The fourth-order valence-corrected chi connectivity index (χ4v) is 4.26. The lowest BCUT2D eigenvalue weighted by atomic mass is 10.1. The summed E-state index contributed by atoms with van der Waals surface area (Å²) in [5.41, 5.74) is 1.85. The van der Waals surface area contributed by atoms with Crippen molar-refractivity contribution in [2.24, 2.45) is 0 Å². The number of hydrogen-bond donors (Lipinski definition) is 1. The second-order valence-electron chi connectivity index (χ2n) is 8.08. The molecule has 1 fully saturated rings. The number of rotatable bonds is 8. The fourth-order valence-electron chi connectivity index (χ4n) is 4.26. The number of benzene rings is 2. The zero-order valence-electron chi connectivity index (χ0n) is 18.4. The van der Waals surface area contributed by atoms with Crippen LogP contribution in [0.15, 0.2) is 54.7 Å². The molecule has 1 aromatic heterocycles. The summed E-state index contributed by atoms with van der Waals surface area (Å²) in [6, 6.07) is 12.4. The minimum Gasteiger partial charge on any atom is -0.478 e. The number of carbonyl (C=O) groups excluding carboxylic acids is 1. The summed E-state index contributed by atoms with van der Waals surface area (Å²) in [6.45, 7) is 4.25. The van der Waals surface area contributed by atoms with Gasteiger partial charge in [-0.3, -0.25) is 9.69 Å². The molecule has 8 nitrogen and oxygen atoms in total. The number of carboxylic acids is 1. The number of nitrogens with zero attached hydrogens (tertiary/aromatic N) is 5. The quantitative estimate of drug-likeness (QED) is 0.566. The fraction of sp³-hybridized carbons (Fsp3) is 0.333. The van der Waals surface area contributed by atoms with Crippen molar-refractivity contribution in [1.29, 1.82) is 0 Å². The number of likely N-dealkylation sites (N-methyl/N-ethyl adjacent to an activating group) is 1. The van der Waals surface area contributed by atoms with Gasteiger partial charge in [-0.05, 0) is 55.8 Å². The Balaban J connectivity index is 1.60. The number of likely N-dealkylation sites (tertiary alicyclic amines) is 1. The molecule has 1 saturated heterocycles. The van der Waals surface area contributed by atoms with Crippen LogP contribution in [0.3, 0.4) is 0 Å². The average molecular weight is 452 g/mol. The van der Waals surface area contributed by atoms with Crippen LogP contribution in [0.25, 0.3) is 5.69 Å². The molecule has 1 N–H and O–H groups in total. The number of carbonyl (C=O) groups is 2. The lowest BCUT2D eigenvalue weighted by Gasteiger charge is -2.29. The van der Waals surface area contributed by atoms with Crippen LogP contribution in [0, 0.1) is 5.82 Å². The van der Waals surface area contributed by atoms with Gasteiger partial charge in [0.05, 0.1) is 30.0 Å². The molecular formula is C24H26FN5O3. The van der Waals surface area contributed by atoms with Crippen LogP contribution >= 0.6 is 0 Å². The summed E-state index contributed by atoms with van der Waals surface area (Å²) >= 11 is 0. The Kier molecular flexibility index (Phi) is 6.79. The van der Waals surface area contributed by atoms with Crippen LogP contribution in [0.1, 0.15) is 41.4 Å². The van der Waals surface area contributed by atoms with Gasteiger partial charge in [0.15, 0.2) is 0 Å². The number of halogens is 1. The van der Waals surface area contributed by atoms with E-state index in [9.17, 15) is 19.1 Å². The van der Waals surface area contributed by atoms with Crippen LogP contribution in [-0.4, -0.2) is 60.9 Å². The van der Waals surface area contributed by atoms with E-state index in [1.165, 1.54) is 22.9 Å². The second-order valence-corrected chi connectivity index (χ2v) is 8.08. The number of para-hydroxylation sites is 1. The van der Waals surface area contributed by atoms with Crippen LogP contribution in [-0.2, 0) is 17.9 Å². The molecule has 172 valence electrons. The third-order valence-electron chi connectivity index (χ3n) is 5.93. The Morgan fingerprint density at radius 1 is 1.15 bits per heavy atom. The Morgan fingerprint density at radius 3 is 2.64 bits per heavy atom. The summed E-state index contributed by atoms with van der Waals surface area (Å²) in [7, 11) is 0. The zero-order chi connectivity index (χ0) is 23.4. The summed E-state index contributed by atoms with van der Waals surface area (Å²) in [5.74, 6) is -1.39. The van der Waals surface area contributed by atoms with E-state index < -0.39 is 5.97 Å². The molecule has 1 amide bonds. The van der Waals surface area contributed by atoms with Crippen molar-refractivity contribution in [3.05, 3.63) is 77.4 Å². The number of amides is 1. The molecule has 4 rings (SSSR count). The van der Waals surface area contributed by atoms with E-state index in [-0.39, 0.29) is 29.9 Å². The van der Waals surface area contributed by atoms with Gasteiger partial charge in [-0.25, -0.2) is 13.9 Å². The predicted octanol–water partition coefficient (Wildman–Crippen LogP) is 3.12. The van der Waals surface area contributed by atoms with Gasteiger partial charge in [-0.15, -0.1) is 5.10 Å². The minimum atomic E-state index is -1.06. The van der Waals surface area contributed by atoms with Gasteiger partial charge in [0.25, 0.3) is 0 Å². The second kappa shape index (κ2) is 9.91. The van der Waals surface area contributed by atoms with E-state index in [1.54, 1.807) is 41.4 Å². The van der Waals surface area contributed by atoms with E-state index in [0.29, 0.717) is 17.9 Å². The molecular weight excluding hydrogens is 425 g/mol. The molecule has 2 aromatic carbocycles. The van der Waals surface area contributed by atoms with Crippen molar-refractivity contribution in [2.75, 3.05) is 13.1 Å². The van der Waals surface area contributed by atoms with Gasteiger partial charge < -0.3 is 10.0 Å². The van der Waals surface area contributed by atoms with E-state index in [2.05, 4.69) is 15.2 Å². The van der Waals surface area contributed by atoms with Crippen LogP contribution < -0.4 is 0 Å². The van der Waals surface area contributed by atoms with E-state index >= 15 is 0 Å². The first-order valence-corrected chi connectivity index (χ1v) is 11.0. The number of hydrogen-bond acceptors (Lipinski definition) is 5. The molecule has 1 aliphatic heterocycles. The Labute approximate surface area is 191 Å². The third-order valence-corrected chi connectivity index (χ3v) is 5.93. The number of aromatic carboxylic acids is 1. The lowest BCUT2D eigenvalue weighted by Crippen LogP contribution is -2.45. The third kappa shape index (κ3) is 5.09. The maximum atomic E-state index is 13.5. The molecule has 0 spiro atoms. The minimum absolute atomic E-state index is 0.000777. The highest BCUT2D eigenvalue weighted by Crippen LogP contribution is 2.22. The maximum absolute atomic E-state index is 13.5. The molecule has 0 aliphatic carbocycles. The first kappa shape index (κ1) is 22.6. The van der Waals surface area contributed by atoms with Gasteiger partial charge in [0.1, 0.15) is 11.5 Å². The summed E-state index contributed by atoms with van der Waals surface area (Å²) in [6.07, 6.45) is 3.40. The van der Waals surface area contributed by atoms with Gasteiger partial charge in [-0.2, -0.15) is 0 Å². The van der Waals surface area contributed by atoms with Gasteiger partial charge >= 0.3 is 5.97 Å². The standard InChI is InChI=1S/C24H26FN5O3/c1-2-28-13-5-8-22(28)23(31)29(14-17-9-11-18(25)12-10-17)15-19-16-30(27-26-19)21-7-4-3-6-20(21)24(32)33/h3-4,6-7,9-12,16,22H,2,5,8,13-15H2,1H3,(H,32,33). The van der Waals surface area contributed by atoms with Crippen LogP contribution in [0.2, 0.25) is 0 Å². The lowest BCUT2D eigenvalue weighted by molar-refractivity contribution is -0.137. The average Bonchev–Trinajstić information content (AvgIpc) is 3.49. The molecule has 0 bridgehead atoms. The first-order chi connectivity index (χ1) is 16.0. The molecule has 1 atom stereocenters. The highest BCUT2D eigenvalue weighted by atomic mass is 19.1. The number of aromatic nitrogens is 3. The van der Waals surface area contributed by atoms with E-state index in [0.717, 1.165) is 31.5 Å². The Hall–Kier alpha value is -3.59. The highest BCUT2D eigenvalue weighted by molar-refractivity contribution is 5.91. The number of carboxylic acid groups (broad SMARTS) is 1. The van der Waals surface area contributed by atoms with E-state index in [1.807, 2.05) is 6.92 Å².